The highest BCUT2D eigenvalue weighted by Crippen LogP contribution is 2.40. The van der Waals surface area contributed by atoms with E-state index < -0.39 is 0 Å². The molecule has 5 rings (SSSR count). The fourth-order valence-electron chi connectivity index (χ4n) is 4.26. The van der Waals surface area contributed by atoms with Crippen LogP contribution >= 0.6 is 11.8 Å². The lowest BCUT2D eigenvalue weighted by Crippen LogP contribution is -2.14. The summed E-state index contributed by atoms with van der Waals surface area (Å²) in [4.78, 5) is 22.2. The SMILES string of the molecule is COc1ccc(OC)c(-c2cc(-c3ccccc3)nc(SCC(=O)Nc3cccc4ncccc34)c2C#N)c1. The molecule has 0 aliphatic rings. The number of nitrogens with one attached hydrogen (secondary N) is 1. The Morgan fingerprint density at radius 2 is 1.79 bits per heavy atom. The lowest BCUT2D eigenvalue weighted by atomic mass is 9.98. The smallest absolute Gasteiger partial charge is 0.234 e. The van der Waals surface area contributed by atoms with Crippen LogP contribution in [0.2, 0.25) is 0 Å². The van der Waals surface area contributed by atoms with Gasteiger partial charge in [0.2, 0.25) is 5.91 Å². The predicted octanol–water partition coefficient (Wildman–Crippen LogP) is 6.58. The van der Waals surface area contributed by atoms with Crippen LogP contribution in [0, 0.1) is 11.3 Å². The number of ether oxygens (including phenoxy) is 2. The molecule has 7 nitrogen and oxygen atoms in total. The molecule has 0 unspecified atom stereocenters. The lowest BCUT2D eigenvalue weighted by molar-refractivity contribution is -0.113. The summed E-state index contributed by atoms with van der Waals surface area (Å²) < 4.78 is 11.1. The van der Waals surface area contributed by atoms with E-state index in [-0.39, 0.29) is 11.7 Å². The van der Waals surface area contributed by atoms with Gasteiger partial charge in [-0.15, -0.1) is 0 Å². The zero-order valence-electron chi connectivity index (χ0n) is 21.3. The Morgan fingerprint density at radius 1 is 0.949 bits per heavy atom. The number of aromatic nitrogens is 2. The Kier molecular flexibility index (Phi) is 7.71. The number of rotatable bonds is 8. The summed E-state index contributed by atoms with van der Waals surface area (Å²) in [5, 5.41) is 14.5. The predicted molar refractivity (Wildman–Crippen MR) is 154 cm³/mol. The second-order valence-corrected chi connectivity index (χ2v) is 9.46. The van der Waals surface area contributed by atoms with E-state index in [1.807, 2.05) is 72.8 Å². The van der Waals surface area contributed by atoms with Gasteiger partial charge in [0.1, 0.15) is 22.6 Å². The van der Waals surface area contributed by atoms with Crippen LogP contribution in [-0.2, 0) is 4.79 Å². The van der Waals surface area contributed by atoms with E-state index in [4.69, 9.17) is 14.5 Å². The molecule has 39 heavy (non-hydrogen) atoms. The molecule has 1 amide bonds. The van der Waals surface area contributed by atoms with Gasteiger partial charge in [0.25, 0.3) is 0 Å². The molecule has 0 fully saturated rings. The summed E-state index contributed by atoms with van der Waals surface area (Å²) in [7, 11) is 3.17. The molecule has 192 valence electrons. The summed E-state index contributed by atoms with van der Waals surface area (Å²) in [5.74, 6) is 1.07. The quantitative estimate of drug-likeness (QED) is 0.225. The van der Waals surface area contributed by atoms with Crippen LogP contribution < -0.4 is 14.8 Å². The zero-order valence-corrected chi connectivity index (χ0v) is 22.2. The van der Waals surface area contributed by atoms with Crippen molar-refractivity contribution in [1.82, 2.24) is 9.97 Å². The van der Waals surface area contributed by atoms with Gasteiger partial charge in [-0.05, 0) is 48.5 Å². The summed E-state index contributed by atoms with van der Waals surface area (Å²) in [6.07, 6.45) is 1.72. The third-order valence-electron chi connectivity index (χ3n) is 6.12. The molecule has 0 radical (unpaired) electrons. The zero-order chi connectivity index (χ0) is 27.2. The van der Waals surface area contributed by atoms with Crippen molar-refractivity contribution in [1.29, 1.82) is 5.26 Å². The molecule has 0 saturated heterocycles. The Bertz CT molecular complexity index is 1700. The van der Waals surface area contributed by atoms with Crippen LogP contribution in [0.5, 0.6) is 11.5 Å². The number of nitriles is 1. The molecule has 1 N–H and O–H groups in total. The number of thioether (sulfide) groups is 1. The van der Waals surface area contributed by atoms with Crippen molar-refractivity contribution in [2.75, 3.05) is 25.3 Å². The van der Waals surface area contributed by atoms with Crippen LogP contribution in [0.15, 0.2) is 96.2 Å². The molecular formula is C31H24N4O3S. The van der Waals surface area contributed by atoms with Crippen molar-refractivity contribution < 1.29 is 14.3 Å². The van der Waals surface area contributed by atoms with Gasteiger partial charge in [0.05, 0.1) is 42.4 Å². The van der Waals surface area contributed by atoms with E-state index in [2.05, 4.69) is 16.4 Å². The first-order valence-electron chi connectivity index (χ1n) is 12.1. The van der Waals surface area contributed by atoms with E-state index in [1.54, 1.807) is 32.5 Å². The van der Waals surface area contributed by atoms with E-state index in [9.17, 15) is 10.1 Å². The average molecular weight is 533 g/mol. The minimum absolute atomic E-state index is 0.0608. The minimum atomic E-state index is -0.215. The first-order chi connectivity index (χ1) is 19.1. The number of nitrogens with zero attached hydrogens (tertiary/aromatic N) is 3. The number of pyridine rings is 2. The van der Waals surface area contributed by atoms with E-state index in [1.165, 1.54) is 11.8 Å². The van der Waals surface area contributed by atoms with Crippen molar-refractivity contribution in [2.45, 2.75) is 5.03 Å². The average Bonchev–Trinajstić information content (AvgIpc) is 2.99. The molecule has 0 spiro atoms. The van der Waals surface area contributed by atoms with Gasteiger partial charge in [-0.1, -0.05) is 48.2 Å². The third kappa shape index (κ3) is 5.54. The fourth-order valence-corrected chi connectivity index (χ4v) is 5.06. The van der Waals surface area contributed by atoms with Crippen LogP contribution in [0.3, 0.4) is 0 Å². The standard InChI is InChI=1S/C31H24N4O3S/c1-37-21-13-14-29(38-2)24(16-21)23-17-28(20-8-4-3-5-9-20)35-31(25(23)18-32)39-19-30(36)34-27-12-6-11-26-22(27)10-7-15-33-26/h3-17H,19H2,1-2H3,(H,34,36). The van der Waals surface area contributed by atoms with Gasteiger partial charge in [-0.3, -0.25) is 9.78 Å². The summed E-state index contributed by atoms with van der Waals surface area (Å²) >= 11 is 1.21. The molecule has 0 aliphatic carbocycles. The number of methoxy groups -OCH3 is 2. The Hall–Kier alpha value is -4.87. The summed E-state index contributed by atoms with van der Waals surface area (Å²) in [5.41, 5.74) is 4.74. The van der Waals surface area contributed by atoms with Crippen molar-refractivity contribution in [3.8, 4) is 40.0 Å². The maximum Gasteiger partial charge on any atom is 0.234 e. The maximum absolute atomic E-state index is 13.0. The van der Waals surface area contributed by atoms with Crippen LogP contribution in [-0.4, -0.2) is 35.8 Å². The van der Waals surface area contributed by atoms with Crippen molar-refractivity contribution in [3.63, 3.8) is 0 Å². The number of anilines is 1. The van der Waals surface area contributed by atoms with Crippen LogP contribution in [0.1, 0.15) is 5.56 Å². The Labute approximate surface area is 230 Å². The highest BCUT2D eigenvalue weighted by molar-refractivity contribution is 8.00. The van der Waals surface area contributed by atoms with Gasteiger partial charge >= 0.3 is 0 Å². The normalized spacial score (nSPS) is 10.6. The Morgan fingerprint density at radius 3 is 2.56 bits per heavy atom. The second kappa shape index (κ2) is 11.7. The minimum Gasteiger partial charge on any atom is -0.497 e. The fraction of sp³-hybridized carbons (Fsp3) is 0.0968. The third-order valence-corrected chi connectivity index (χ3v) is 7.10. The molecule has 8 heteroatoms. The number of hydrogen-bond acceptors (Lipinski definition) is 7. The molecule has 2 heterocycles. The van der Waals surface area contributed by atoms with Gasteiger partial charge < -0.3 is 14.8 Å². The van der Waals surface area contributed by atoms with Crippen molar-refractivity contribution >= 4 is 34.3 Å². The first-order valence-corrected chi connectivity index (χ1v) is 13.1. The van der Waals surface area contributed by atoms with Crippen LogP contribution in [0.4, 0.5) is 5.69 Å². The van der Waals surface area contributed by atoms with E-state index in [0.717, 1.165) is 16.5 Å². The first kappa shape index (κ1) is 25.8. The lowest BCUT2D eigenvalue weighted by Gasteiger charge is -2.16. The van der Waals surface area contributed by atoms with Gasteiger partial charge in [0.15, 0.2) is 0 Å². The number of carbonyl (C=O) groups excluding carboxylic acids is 1. The van der Waals surface area contributed by atoms with Gasteiger partial charge in [-0.25, -0.2) is 4.98 Å². The molecule has 2 aromatic heterocycles. The molecule has 0 saturated carbocycles. The van der Waals surface area contributed by atoms with Crippen LogP contribution in [0.25, 0.3) is 33.3 Å². The molecule has 5 aromatic rings. The van der Waals surface area contributed by atoms with E-state index >= 15 is 0 Å². The number of benzene rings is 3. The number of carbonyl (C=O) groups is 1. The van der Waals surface area contributed by atoms with Crippen molar-refractivity contribution in [3.05, 3.63) is 96.7 Å². The summed E-state index contributed by atoms with van der Waals surface area (Å²) in [6, 6.07) is 28.7. The molecule has 3 aromatic carbocycles. The highest BCUT2D eigenvalue weighted by Gasteiger charge is 2.20. The Balaban J connectivity index is 1.53. The monoisotopic (exact) mass is 532 g/mol. The molecular weight excluding hydrogens is 508 g/mol. The maximum atomic E-state index is 13.0. The topological polar surface area (TPSA) is 97.1 Å². The van der Waals surface area contributed by atoms with Crippen molar-refractivity contribution in [2.24, 2.45) is 0 Å². The number of fused-ring (bicyclic) bond motifs is 1. The molecule has 0 aliphatic heterocycles. The highest BCUT2D eigenvalue weighted by atomic mass is 32.2. The molecule has 0 bridgehead atoms. The van der Waals surface area contributed by atoms with Gasteiger partial charge in [0, 0.05) is 28.3 Å². The summed E-state index contributed by atoms with van der Waals surface area (Å²) in [6.45, 7) is 0. The number of amides is 1. The van der Waals surface area contributed by atoms with Gasteiger partial charge in [-0.2, -0.15) is 5.26 Å². The molecule has 0 atom stereocenters. The second-order valence-electron chi connectivity index (χ2n) is 8.49. The number of hydrogen-bond donors (Lipinski definition) is 1. The van der Waals surface area contributed by atoms with E-state index in [0.29, 0.717) is 44.6 Å². The largest absolute Gasteiger partial charge is 0.497 e.